The Kier molecular flexibility index (Phi) is 6.65. The molecule has 172 valence electrons. The number of para-hydroxylation sites is 1. The van der Waals surface area contributed by atoms with Crippen molar-refractivity contribution in [2.45, 2.75) is 13.3 Å². The number of carbonyl (C=O) groups is 3. The fourth-order valence-corrected chi connectivity index (χ4v) is 3.82. The van der Waals surface area contributed by atoms with E-state index in [0.29, 0.717) is 22.7 Å². The van der Waals surface area contributed by atoms with Gasteiger partial charge in [-0.25, -0.2) is 4.90 Å². The summed E-state index contributed by atoms with van der Waals surface area (Å²) in [5, 5.41) is 5.59. The summed E-state index contributed by atoms with van der Waals surface area (Å²) in [4.78, 5) is 39.5. The monoisotopic (exact) mass is 475 g/mol. The molecule has 34 heavy (non-hydrogen) atoms. The van der Waals surface area contributed by atoms with Crippen molar-refractivity contribution in [2.75, 3.05) is 22.6 Å². The van der Waals surface area contributed by atoms with E-state index in [-0.39, 0.29) is 16.6 Å². The number of halogens is 1. The Hall–Kier alpha value is -4.10. The molecule has 0 fully saturated rings. The molecular formula is C26H22ClN3O4. The third-order valence-electron chi connectivity index (χ3n) is 5.40. The van der Waals surface area contributed by atoms with E-state index < -0.39 is 11.8 Å². The number of anilines is 3. The summed E-state index contributed by atoms with van der Waals surface area (Å²) in [5.74, 6) is -0.925. The van der Waals surface area contributed by atoms with E-state index in [1.807, 2.05) is 31.2 Å². The average Bonchev–Trinajstić information content (AvgIpc) is 3.07. The van der Waals surface area contributed by atoms with Crippen LogP contribution in [0.1, 0.15) is 22.8 Å². The minimum atomic E-state index is -0.635. The van der Waals surface area contributed by atoms with Crippen LogP contribution >= 0.6 is 11.6 Å². The predicted molar refractivity (Wildman–Crippen MR) is 132 cm³/mol. The molecule has 1 aliphatic heterocycles. The molecule has 0 atom stereocenters. The molecule has 3 aromatic carbocycles. The fourth-order valence-electron chi connectivity index (χ4n) is 3.60. The largest absolute Gasteiger partial charge is 0.497 e. The van der Waals surface area contributed by atoms with Crippen molar-refractivity contribution >= 4 is 46.4 Å². The van der Waals surface area contributed by atoms with Gasteiger partial charge in [0.15, 0.2) is 0 Å². The molecule has 0 aromatic heterocycles. The lowest BCUT2D eigenvalue weighted by Gasteiger charge is -2.15. The smallest absolute Gasteiger partial charge is 0.283 e. The lowest BCUT2D eigenvalue weighted by Crippen LogP contribution is -2.32. The van der Waals surface area contributed by atoms with Crippen LogP contribution in [0, 0.1) is 0 Å². The normalized spacial score (nSPS) is 13.3. The van der Waals surface area contributed by atoms with Gasteiger partial charge in [-0.2, -0.15) is 0 Å². The Morgan fingerprint density at radius 3 is 2.41 bits per heavy atom. The van der Waals surface area contributed by atoms with E-state index in [1.165, 1.54) is 7.11 Å². The lowest BCUT2D eigenvalue weighted by atomic mass is 10.1. The lowest BCUT2D eigenvalue weighted by molar-refractivity contribution is -0.120. The number of imide groups is 1. The predicted octanol–water partition coefficient (Wildman–Crippen LogP) is 4.95. The van der Waals surface area contributed by atoms with Gasteiger partial charge in [-0.05, 0) is 60.5 Å². The number of aryl methyl sites for hydroxylation is 1. The molecule has 0 unspecified atom stereocenters. The Morgan fingerprint density at radius 1 is 0.971 bits per heavy atom. The first-order chi connectivity index (χ1) is 16.4. The highest BCUT2D eigenvalue weighted by Gasteiger charge is 2.39. The van der Waals surface area contributed by atoms with Gasteiger partial charge in [-0.15, -0.1) is 0 Å². The first-order valence-corrected chi connectivity index (χ1v) is 11.0. The zero-order valence-electron chi connectivity index (χ0n) is 18.6. The second-order valence-electron chi connectivity index (χ2n) is 7.50. The van der Waals surface area contributed by atoms with E-state index in [1.54, 1.807) is 48.5 Å². The van der Waals surface area contributed by atoms with Crippen LogP contribution in [0.2, 0.25) is 0 Å². The summed E-state index contributed by atoms with van der Waals surface area (Å²) in [6.45, 7) is 2.02. The molecule has 0 saturated heterocycles. The summed E-state index contributed by atoms with van der Waals surface area (Å²) in [5.41, 5.74) is 2.91. The van der Waals surface area contributed by atoms with Crippen LogP contribution in [0.15, 0.2) is 83.5 Å². The molecule has 3 amide bonds. The van der Waals surface area contributed by atoms with Crippen molar-refractivity contribution in [3.05, 3.63) is 94.7 Å². The van der Waals surface area contributed by atoms with Gasteiger partial charge in [-0.3, -0.25) is 14.4 Å². The molecule has 0 spiro atoms. The highest BCUT2D eigenvalue weighted by molar-refractivity contribution is 6.53. The van der Waals surface area contributed by atoms with Gasteiger partial charge in [0.05, 0.1) is 12.8 Å². The van der Waals surface area contributed by atoms with Crippen LogP contribution in [-0.2, 0) is 16.0 Å². The van der Waals surface area contributed by atoms with E-state index in [0.717, 1.165) is 22.6 Å². The van der Waals surface area contributed by atoms with Crippen molar-refractivity contribution < 1.29 is 19.1 Å². The average molecular weight is 476 g/mol. The number of nitrogens with one attached hydrogen (secondary N) is 2. The maximum absolute atomic E-state index is 13.0. The minimum absolute atomic E-state index is 0.0589. The molecule has 1 heterocycles. The molecule has 0 saturated carbocycles. The quantitative estimate of drug-likeness (QED) is 0.472. The number of ether oxygens (including phenoxy) is 1. The molecule has 0 bridgehead atoms. The zero-order valence-corrected chi connectivity index (χ0v) is 19.3. The van der Waals surface area contributed by atoms with Gasteiger partial charge in [0.2, 0.25) is 0 Å². The van der Waals surface area contributed by atoms with Crippen molar-refractivity contribution in [3.63, 3.8) is 0 Å². The number of benzene rings is 3. The maximum Gasteiger partial charge on any atom is 0.283 e. The molecule has 3 aromatic rings. The molecule has 7 nitrogen and oxygen atoms in total. The summed E-state index contributed by atoms with van der Waals surface area (Å²) in [6.07, 6.45) is 0.783. The van der Waals surface area contributed by atoms with Gasteiger partial charge in [0.25, 0.3) is 17.7 Å². The van der Waals surface area contributed by atoms with Crippen LogP contribution in [-0.4, -0.2) is 24.8 Å². The van der Waals surface area contributed by atoms with Crippen LogP contribution < -0.4 is 20.3 Å². The number of hydrogen-bond acceptors (Lipinski definition) is 5. The number of nitrogens with zero attached hydrogens (tertiary/aromatic N) is 1. The van der Waals surface area contributed by atoms with Gasteiger partial charge in [0.1, 0.15) is 16.5 Å². The third kappa shape index (κ3) is 4.51. The number of hydrogen-bond donors (Lipinski definition) is 2. The van der Waals surface area contributed by atoms with Crippen molar-refractivity contribution in [1.29, 1.82) is 0 Å². The molecule has 0 aliphatic carbocycles. The first kappa shape index (κ1) is 23.1. The summed E-state index contributed by atoms with van der Waals surface area (Å²) >= 11 is 6.22. The Labute approximate surface area is 202 Å². The van der Waals surface area contributed by atoms with Gasteiger partial charge in [-0.1, -0.05) is 42.8 Å². The van der Waals surface area contributed by atoms with E-state index in [9.17, 15) is 14.4 Å². The zero-order chi connectivity index (χ0) is 24.2. The molecule has 4 rings (SSSR count). The van der Waals surface area contributed by atoms with Crippen LogP contribution in [0.25, 0.3) is 0 Å². The van der Waals surface area contributed by atoms with E-state index in [4.69, 9.17) is 16.3 Å². The molecule has 0 radical (unpaired) electrons. The second-order valence-corrected chi connectivity index (χ2v) is 7.88. The molecule has 1 aliphatic rings. The van der Waals surface area contributed by atoms with E-state index >= 15 is 0 Å². The molecule has 2 N–H and O–H groups in total. The molecule has 8 heteroatoms. The summed E-state index contributed by atoms with van der Waals surface area (Å²) < 4.78 is 5.12. The number of carbonyl (C=O) groups excluding carboxylic acids is 3. The first-order valence-electron chi connectivity index (χ1n) is 10.6. The maximum atomic E-state index is 13.0. The van der Waals surface area contributed by atoms with Crippen molar-refractivity contribution in [2.24, 2.45) is 0 Å². The third-order valence-corrected chi connectivity index (χ3v) is 5.75. The van der Waals surface area contributed by atoms with E-state index in [2.05, 4.69) is 10.6 Å². The van der Waals surface area contributed by atoms with Crippen LogP contribution in [0.4, 0.5) is 17.1 Å². The Balaban J connectivity index is 1.53. The van der Waals surface area contributed by atoms with Gasteiger partial charge < -0.3 is 15.4 Å². The number of methoxy groups -OCH3 is 1. The molecular weight excluding hydrogens is 454 g/mol. The van der Waals surface area contributed by atoms with Gasteiger partial charge in [0, 0.05) is 16.9 Å². The van der Waals surface area contributed by atoms with Crippen molar-refractivity contribution in [1.82, 2.24) is 0 Å². The highest BCUT2D eigenvalue weighted by atomic mass is 35.5. The SMILES string of the molecule is CCc1ccccc1NC(=O)c1cccc(NC2=C(Cl)C(=O)N(c3ccc(OC)cc3)C2=O)c1. The second kappa shape index (κ2) is 9.80. The number of amides is 3. The van der Waals surface area contributed by atoms with Crippen LogP contribution in [0.5, 0.6) is 5.75 Å². The van der Waals surface area contributed by atoms with Crippen molar-refractivity contribution in [3.8, 4) is 5.75 Å². The number of rotatable bonds is 7. The standard InChI is InChI=1S/C26H22ClN3O4/c1-3-16-7-4-5-10-21(16)29-24(31)17-8-6-9-18(15-17)28-23-22(27)25(32)30(26(23)33)19-11-13-20(34-2)14-12-19/h4-15,28H,3H2,1-2H3,(H,29,31). The van der Waals surface area contributed by atoms with Crippen LogP contribution in [0.3, 0.4) is 0 Å². The minimum Gasteiger partial charge on any atom is -0.497 e. The summed E-state index contributed by atoms with van der Waals surface area (Å²) in [6, 6.07) is 20.7. The fraction of sp³-hybridized carbons (Fsp3) is 0.115. The van der Waals surface area contributed by atoms with Gasteiger partial charge >= 0.3 is 0 Å². The summed E-state index contributed by atoms with van der Waals surface area (Å²) in [7, 11) is 1.53. The Bertz CT molecular complexity index is 1300. The topological polar surface area (TPSA) is 87.7 Å². The highest BCUT2D eigenvalue weighted by Crippen LogP contribution is 2.31. The Morgan fingerprint density at radius 2 is 1.71 bits per heavy atom.